The lowest BCUT2D eigenvalue weighted by atomic mass is 10.1. The van der Waals surface area contributed by atoms with Crippen LogP contribution in [0.5, 0.6) is 5.75 Å². The molecule has 2 rings (SSSR count). The van der Waals surface area contributed by atoms with Gasteiger partial charge in [0.05, 0.1) is 10.5 Å². The maximum absolute atomic E-state index is 13.8. The highest BCUT2D eigenvalue weighted by molar-refractivity contribution is 5.47. The summed E-state index contributed by atoms with van der Waals surface area (Å²) in [7, 11) is 0. The van der Waals surface area contributed by atoms with Crippen LogP contribution in [0.4, 0.5) is 14.5 Å². The van der Waals surface area contributed by atoms with E-state index in [0.717, 1.165) is 12.1 Å². The van der Waals surface area contributed by atoms with Crippen molar-refractivity contribution in [2.45, 2.75) is 6.61 Å². The Bertz CT molecular complexity index is 741. The van der Waals surface area contributed by atoms with Crippen molar-refractivity contribution in [3.05, 3.63) is 69.3 Å². The molecule has 21 heavy (non-hydrogen) atoms. The van der Waals surface area contributed by atoms with Crippen molar-refractivity contribution in [3.8, 4) is 11.8 Å². The van der Waals surface area contributed by atoms with Crippen LogP contribution in [0.15, 0.2) is 36.4 Å². The summed E-state index contributed by atoms with van der Waals surface area (Å²) in [5.41, 5.74) is -0.724. The lowest BCUT2D eigenvalue weighted by molar-refractivity contribution is -0.386. The van der Waals surface area contributed by atoms with E-state index in [2.05, 4.69) is 0 Å². The molecule has 0 saturated heterocycles. The van der Waals surface area contributed by atoms with Crippen molar-refractivity contribution in [3.63, 3.8) is 0 Å². The van der Waals surface area contributed by atoms with Crippen LogP contribution < -0.4 is 4.74 Å². The Hall–Kier alpha value is -3.01. The zero-order valence-corrected chi connectivity index (χ0v) is 10.5. The van der Waals surface area contributed by atoms with Crippen LogP contribution in [-0.4, -0.2) is 4.92 Å². The molecule has 0 aliphatic rings. The maximum atomic E-state index is 13.8. The van der Waals surface area contributed by atoms with E-state index in [4.69, 9.17) is 10.00 Å². The molecule has 0 amide bonds. The monoisotopic (exact) mass is 290 g/mol. The van der Waals surface area contributed by atoms with Crippen LogP contribution >= 0.6 is 0 Å². The molecule has 0 atom stereocenters. The van der Waals surface area contributed by atoms with E-state index in [1.807, 2.05) is 0 Å². The molecule has 0 aromatic heterocycles. The predicted octanol–water partition coefficient (Wildman–Crippen LogP) is 3.32. The smallest absolute Gasteiger partial charge is 0.314 e. The lowest BCUT2D eigenvalue weighted by Crippen LogP contribution is -2.03. The van der Waals surface area contributed by atoms with Gasteiger partial charge >= 0.3 is 5.69 Å². The van der Waals surface area contributed by atoms with E-state index >= 15 is 0 Å². The summed E-state index contributed by atoms with van der Waals surface area (Å²) in [6.07, 6.45) is 0. The third-order valence-electron chi connectivity index (χ3n) is 2.71. The van der Waals surface area contributed by atoms with Gasteiger partial charge in [-0.15, -0.1) is 0 Å². The number of nitro benzene ring substituents is 1. The molecule has 0 fully saturated rings. The first-order chi connectivity index (χ1) is 10.0. The van der Waals surface area contributed by atoms with Gasteiger partial charge in [0.25, 0.3) is 0 Å². The minimum Gasteiger partial charge on any atom is -0.480 e. The van der Waals surface area contributed by atoms with Crippen molar-refractivity contribution in [1.82, 2.24) is 0 Å². The quantitative estimate of drug-likeness (QED) is 0.639. The normalized spacial score (nSPS) is 9.95. The van der Waals surface area contributed by atoms with Crippen molar-refractivity contribution in [1.29, 1.82) is 5.26 Å². The van der Waals surface area contributed by atoms with Crippen molar-refractivity contribution < 1.29 is 18.4 Å². The van der Waals surface area contributed by atoms with E-state index in [-0.39, 0.29) is 11.1 Å². The standard InChI is InChI=1S/C14H8F2N2O3/c15-11-5-2-6-12(18(19)20)14(11)21-8-10-4-1-3-9(7-17)13(10)16/h1-6H,8H2. The van der Waals surface area contributed by atoms with Crippen LogP contribution in [0, 0.1) is 33.1 Å². The molecule has 7 heteroatoms. The fourth-order valence-electron chi connectivity index (χ4n) is 1.71. The third-order valence-corrected chi connectivity index (χ3v) is 2.71. The first kappa shape index (κ1) is 14.4. The Morgan fingerprint density at radius 1 is 1.24 bits per heavy atom. The summed E-state index contributed by atoms with van der Waals surface area (Å²) in [6, 6.07) is 9.00. The second-order valence-corrected chi connectivity index (χ2v) is 4.02. The number of benzene rings is 2. The van der Waals surface area contributed by atoms with E-state index in [9.17, 15) is 18.9 Å². The number of nitrogens with zero attached hydrogens (tertiary/aromatic N) is 2. The zero-order valence-electron chi connectivity index (χ0n) is 10.5. The second kappa shape index (κ2) is 5.96. The predicted molar refractivity (Wildman–Crippen MR) is 68.5 cm³/mol. The number of para-hydroxylation sites is 1. The fourth-order valence-corrected chi connectivity index (χ4v) is 1.71. The Kier molecular flexibility index (Phi) is 4.09. The number of nitro groups is 1. The molecule has 2 aromatic carbocycles. The number of ether oxygens (including phenoxy) is 1. The topological polar surface area (TPSA) is 76.2 Å². The molecule has 5 nitrogen and oxygen atoms in total. The number of halogens is 2. The van der Waals surface area contributed by atoms with E-state index in [1.165, 1.54) is 24.3 Å². The lowest BCUT2D eigenvalue weighted by Gasteiger charge is -2.08. The molecule has 2 aromatic rings. The molecule has 0 saturated carbocycles. The Labute approximate surface area is 118 Å². The van der Waals surface area contributed by atoms with Crippen LogP contribution in [0.1, 0.15) is 11.1 Å². The van der Waals surface area contributed by atoms with Gasteiger partial charge in [-0.05, 0) is 12.1 Å². The van der Waals surface area contributed by atoms with Crippen molar-refractivity contribution >= 4 is 5.69 Å². The van der Waals surface area contributed by atoms with Crippen molar-refractivity contribution in [2.75, 3.05) is 0 Å². The highest BCUT2D eigenvalue weighted by atomic mass is 19.1. The van der Waals surface area contributed by atoms with Gasteiger partial charge in [-0.3, -0.25) is 10.1 Å². The minimum absolute atomic E-state index is 0.00611. The summed E-state index contributed by atoms with van der Waals surface area (Å²) in [6.45, 7) is -0.427. The van der Waals surface area contributed by atoms with Gasteiger partial charge in [-0.2, -0.15) is 5.26 Å². The van der Waals surface area contributed by atoms with Gasteiger partial charge in [0.2, 0.25) is 5.75 Å². The molecule has 0 N–H and O–H groups in total. The van der Waals surface area contributed by atoms with E-state index in [1.54, 1.807) is 6.07 Å². The van der Waals surface area contributed by atoms with Crippen LogP contribution in [0.3, 0.4) is 0 Å². The molecule has 0 aliphatic carbocycles. The molecule has 0 unspecified atom stereocenters. The molecule has 0 aliphatic heterocycles. The Morgan fingerprint density at radius 2 is 1.95 bits per heavy atom. The number of nitriles is 1. The van der Waals surface area contributed by atoms with Gasteiger partial charge in [-0.1, -0.05) is 18.2 Å². The summed E-state index contributed by atoms with van der Waals surface area (Å²) in [5.74, 6) is -2.27. The average molecular weight is 290 g/mol. The van der Waals surface area contributed by atoms with E-state index in [0.29, 0.717) is 0 Å². The van der Waals surface area contributed by atoms with Gasteiger partial charge in [0, 0.05) is 11.6 Å². The minimum atomic E-state index is -0.916. The molecule has 106 valence electrons. The molecule has 0 spiro atoms. The second-order valence-electron chi connectivity index (χ2n) is 4.02. The first-order valence-electron chi connectivity index (χ1n) is 5.77. The summed E-state index contributed by atoms with van der Waals surface area (Å²) < 4.78 is 32.4. The maximum Gasteiger partial charge on any atom is 0.314 e. The largest absolute Gasteiger partial charge is 0.480 e. The Balaban J connectivity index is 2.30. The highest BCUT2D eigenvalue weighted by Crippen LogP contribution is 2.30. The summed E-state index contributed by atoms with van der Waals surface area (Å²) in [4.78, 5) is 10.0. The van der Waals surface area contributed by atoms with Crippen molar-refractivity contribution in [2.24, 2.45) is 0 Å². The Morgan fingerprint density at radius 3 is 2.62 bits per heavy atom. The van der Waals surface area contributed by atoms with Gasteiger partial charge in [0.15, 0.2) is 5.82 Å². The SMILES string of the molecule is N#Cc1cccc(COc2c(F)cccc2[N+](=O)[O-])c1F. The molecule has 0 heterocycles. The highest BCUT2D eigenvalue weighted by Gasteiger charge is 2.20. The number of rotatable bonds is 4. The van der Waals surface area contributed by atoms with Crippen LogP contribution in [-0.2, 0) is 6.61 Å². The van der Waals surface area contributed by atoms with Crippen LogP contribution in [0.2, 0.25) is 0 Å². The van der Waals surface area contributed by atoms with Gasteiger partial charge in [-0.25, -0.2) is 8.78 Å². The third kappa shape index (κ3) is 2.95. The molecular weight excluding hydrogens is 282 g/mol. The zero-order chi connectivity index (χ0) is 15.4. The van der Waals surface area contributed by atoms with Crippen LogP contribution in [0.25, 0.3) is 0 Å². The number of hydrogen-bond donors (Lipinski definition) is 0. The van der Waals surface area contributed by atoms with Gasteiger partial charge < -0.3 is 4.74 Å². The fraction of sp³-hybridized carbons (Fsp3) is 0.0714. The molecule has 0 radical (unpaired) electrons. The number of hydrogen-bond acceptors (Lipinski definition) is 4. The average Bonchev–Trinajstić information content (AvgIpc) is 2.47. The molecule has 0 bridgehead atoms. The van der Waals surface area contributed by atoms with E-state index < -0.39 is 34.6 Å². The summed E-state index contributed by atoms with van der Waals surface area (Å²) >= 11 is 0. The van der Waals surface area contributed by atoms with Gasteiger partial charge in [0.1, 0.15) is 18.5 Å². The summed E-state index contributed by atoms with van der Waals surface area (Å²) in [5, 5.41) is 19.5. The first-order valence-corrected chi connectivity index (χ1v) is 5.77. The molecular formula is C14H8F2N2O3.